The van der Waals surface area contributed by atoms with Crippen molar-refractivity contribution in [3.63, 3.8) is 0 Å². The van der Waals surface area contributed by atoms with E-state index in [4.69, 9.17) is 9.47 Å². The molecule has 2 nitrogen and oxygen atoms in total. The van der Waals surface area contributed by atoms with Crippen LogP contribution >= 0.6 is 43.2 Å². The van der Waals surface area contributed by atoms with Crippen molar-refractivity contribution in [3.05, 3.63) is 7.57 Å². The summed E-state index contributed by atoms with van der Waals surface area (Å²) < 4.78 is 48.0. The fourth-order valence-corrected chi connectivity index (χ4v) is 3.93. The Kier molecular flexibility index (Phi) is 6.26. The summed E-state index contributed by atoms with van der Waals surface area (Å²) in [6.07, 6.45) is -4.40. The van der Waals surface area contributed by atoms with Crippen molar-refractivity contribution >= 4 is 43.2 Å². The number of hydrogen-bond acceptors (Lipinski definition) is 3. The second kappa shape index (κ2) is 7.00. The second-order valence-corrected chi connectivity index (χ2v) is 7.03. The van der Waals surface area contributed by atoms with Crippen LogP contribution in [0.3, 0.4) is 0 Å². The van der Waals surface area contributed by atoms with E-state index < -0.39 is 19.2 Å². The molecule has 1 heterocycles. The monoisotopic (exact) mass is 410 g/mol. The first-order chi connectivity index (χ1) is 8.35. The van der Waals surface area contributed by atoms with Crippen LogP contribution in [0.15, 0.2) is 7.57 Å². The Bertz CT molecular complexity index is 393. The van der Waals surface area contributed by atoms with Gasteiger partial charge in [-0.25, -0.2) is 0 Å². The fourth-order valence-electron chi connectivity index (χ4n) is 1.07. The highest BCUT2D eigenvalue weighted by molar-refractivity contribution is 9.12. The van der Waals surface area contributed by atoms with Crippen molar-refractivity contribution in [1.29, 1.82) is 0 Å². The van der Waals surface area contributed by atoms with Crippen LogP contribution in [0.2, 0.25) is 0 Å². The molecule has 0 fully saturated rings. The average molecular weight is 412 g/mol. The lowest BCUT2D eigenvalue weighted by Crippen LogP contribution is -2.13. The van der Waals surface area contributed by atoms with Gasteiger partial charge in [-0.15, -0.1) is 11.3 Å². The summed E-state index contributed by atoms with van der Waals surface area (Å²) in [7, 11) is 0. The maximum absolute atomic E-state index is 12.0. The third-order valence-electron chi connectivity index (χ3n) is 1.82. The molecule has 0 bridgehead atoms. The summed E-state index contributed by atoms with van der Waals surface area (Å²) in [5.41, 5.74) is 0. The SMILES string of the molecule is CCCOc1c(Br)sc(Br)c1OCCC(F)(F)F. The zero-order chi connectivity index (χ0) is 13.8. The molecule has 1 aromatic rings. The smallest absolute Gasteiger partial charge is 0.392 e. The van der Waals surface area contributed by atoms with Gasteiger partial charge in [-0.2, -0.15) is 13.2 Å². The summed E-state index contributed by atoms with van der Waals surface area (Å²) in [4.78, 5) is 0. The van der Waals surface area contributed by atoms with Crippen molar-refractivity contribution in [2.24, 2.45) is 0 Å². The van der Waals surface area contributed by atoms with Gasteiger partial charge in [-0.1, -0.05) is 6.92 Å². The van der Waals surface area contributed by atoms with E-state index in [1.54, 1.807) is 0 Å². The Balaban J connectivity index is 2.68. The highest BCUT2D eigenvalue weighted by Crippen LogP contribution is 2.48. The topological polar surface area (TPSA) is 18.5 Å². The van der Waals surface area contributed by atoms with Gasteiger partial charge in [0, 0.05) is 0 Å². The van der Waals surface area contributed by atoms with Crippen LogP contribution in [-0.2, 0) is 0 Å². The number of rotatable bonds is 6. The fraction of sp³-hybridized carbons (Fsp3) is 0.600. The predicted molar refractivity (Wildman–Crippen MR) is 71.7 cm³/mol. The summed E-state index contributed by atoms with van der Waals surface area (Å²) in [6, 6.07) is 0. The van der Waals surface area contributed by atoms with Crippen molar-refractivity contribution in [3.8, 4) is 11.5 Å². The Labute approximate surface area is 124 Å². The molecule has 0 amide bonds. The molecule has 0 aliphatic rings. The molecular formula is C10H11Br2F3O2S. The zero-order valence-corrected chi connectivity index (χ0v) is 13.4. The Morgan fingerprint density at radius 2 is 1.56 bits per heavy atom. The molecule has 104 valence electrons. The van der Waals surface area contributed by atoms with E-state index in [9.17, 15) is 13.2 Å². The molecule has 0 spiro atoms. The second-order valence-electron chi connectivity index (χ2n) is 3.37. The number of alkyl halides is 3. The van der Waals surface area contributed by atoms with Crippen LogP contribution in [0.25, 0.3) is 0 Å². The lowest BCUT2D eigenvalue weighted by Gasteiger charge is -2.11. The lowest BCUT2D eigenvalue weighted by molar-refractivity contribution is -0.139. The number of thiophene rings is 1. The molecule has 0 saturated carbocycles. The first kappa shape index (κ1) is 16.1. The summed E-state index contributed by atoms with van der Waals surface area (Å²) >= 11 is 7.84. The van der Waals surface area contributed by atoms with Crippen molar-refractivity contribution in [2.75, 3.05) is 13.2 Å². The zero-order valence-electron chi connectivity index (χ0n) is 9.44. The molecule has 0 unspecified atom stereocenters. The first-order valence-corrected chi connectivity index (χ1v) is 7.55. The summed E-state index contributed by atoms with van der Waals surface area (Å²) in [5, 5.41) is 0. The minimum atomic E-state index is -4.22. The molecule has 0 aromatic carbocycles. The molecule has 1 aromatic heterocycles. The lowest BCUT2D eigenvalue weighted by atomic mass is 10.4. The van der Waals surface area contributed by atoms with Gasteiger partial charge in [-0.05, 0) is 38.3 Å². The van der Waals surface area contributed by atoms with E-state index in [1.807, 2.05) is 6.92 Å². The van der Waals surface area contributed by atoms with Crippen LogP contribution in [0.1, 0.15) is 19.8 Å². The Morgan fingerprint density at radius 1 is 1.06 bits per heavy atom. The molecular weight excluding hydrogens is 401 g/mol. The minimum absolute atomic E-state index is 0.324. The molecule has 0 aliphatic carbocycles. The third-order valence-corrected chi connectivity index (χ3v) is 4.25. The quantitative estimate of drug-likeness (QED) is 0.624. The van der Waals surface area contributed by atoms with Crippen LogP contribution in [-0.4, -0.2) is 19.4 Å². The minimum Gasteiger partial charge on any atom is -0.488 e. The van der Waals surface area contributed by atoms with Crippen LogP contribution in [0.5, 0.6) is 11.5 Å². The number of hydrogen-bond donors (Lipinski definition) is 0. The van der Waals surface area contributed by atoms with Gasteiger partial charge in [-0.3, -0.25) is 0 Å². The number of ether oxygens (including phenoxy) is 2. The molecule has 0 saturated heterocycles. The highest BCUT2D eigenvalue weighted by Gasteiger charge is 2.28. The average Bonchev–Trinajstić information content (AvgIpc) is 2.50. The molecule has 1 rings (SSSR count). The van der Waals surface area contributed by atoms with Crippen LogP contribution in [0, 0.1) is 0 Å². The molecule has 8 heteroatoms. The molecule has 0 atom stereocenters. The van der Waals surface area contributed by atoms with E-state index in [0.717, 1.165) is 6.42 Å². The van der Waals surface area contributed by atoms with Gasteiger partial charge < -0.3 is 9.47 Å². The van der Waals surface area contributed by atoms with Crippen molar-refractivity contribution in [1.82, 2.24) is 0 Å². The van der Waals surface area contributed by atoms with E-state index in [0.29, 0.717) is 25.7 Å². The van der Waals surface area contributed by atoms with Gasteiger partial charge in [0.05, 0.1) is 19.6 Å². The van der Waals surface area contributed by atoms with E-state index >= 15 is 0 Å². The van der Waals surface area contributed by atoms with Crippen LogP contribution in [0.4, 0.5) is 13.2 Å². The van der Waals surface area contributed by atoms with E-state index in [1.165, 1.54) is 11.3 Å². The van der Waals surface area contributed by atoms with Gasteiger partial charge >= 0.3 is 6.18 Å². The van der Waals surface area contributed by atoms with Gasteiger partial charge in [0.15, 0.2) is 11.5 Å². The highest BCUT2D eigenvalue weighted by atomic mass is 79.9. The predicted octanol–water partition coefficient (Wildman–Crippen LogP) is 5.39. The van der Waals surface area contributed by atoms with Gasteiger partial charge in [0.25, 0.3) is 0 Å². The number of halogens is 5. The Morgan fingerprint density at radius 3 is 2.00 bits per heavy atom. The van der Waals surface area contributed by atoms with Crippen molar-refractivity contribution < 1.29 is 22.6 Å². The third kappa shape index (κ3) is 4.97. The van der Waals surface area contributed by atoms with Gasteiger partial charge in [0.2, 0.25) is 0 Å². The van der Waals surface area contributed by atoms with E-state index in [2.05, 4.69) is 31.9 Å². The summed E-state index contributed by atoms with van der Waals surface area (Å²) in [5.74, 6) is 0.778. The van der Waals surface area contributed by atoms with Crippen molar-refractivity contribution in [2.45, 2.75) is 25.9 Å². The normalized spacial score (nSPS) is 11.7. The largest absolute Gasteiger partial charge is 0.488 e. The molecule has 0 radical (unpaired) electrons. The Hall–Kier alpha value is 0.0500. The molecule has 0 N–H and O–H groups in total. The standard InChI is InChI=1S/C10H11Br2F3O2S/c1-2-4-16-6-7(9(12)18-8(6)11)17-5-3-10(13,14)15/h2-5H2,1H3. The molecule has 0 aliphatic heterocycles. The molecule has 18 heavy (non-hydrogen) atoms. The van der Waals surface area contributed by atoms with E-state index in [-0.39, 0.29) is 0 Å². The van der Waals surface area contributed by atoms with Gasteiger partial charge in [0.1, 0.15) is 7.57 Å². The maximum Gasteiger partial charge on any atom is 0.392 e. The maximum atomic E-state index is 12.0. The first-order valence-electron chi connectivity index (χ1n) is 5.15. The summed E-state index contributed by atoms with van der Waals surface area (Å²) in [6.45, 7) is 2.00. The van der Waals surface area contributed by atoms with Crippen LogP contribution < -0.4 is 9.47 Å².